The maximum absolute atomic E-state index is 13.4. The summed E-state index contributed by atoms with van der Waals surface area (Å²) in [5.41, 5.74) is 2.01. The van der Waals surface area contributed by atoms with Crippen molar-refractivity contribution in [2.75, 3.05) is 19.9 Å². The lowest BCUT2D eigenvalue weighted by Gasteiger charge is -2.34. The lowest BCUT2D eigenvalue weighted by Crippen LogP contribution is -2.42. The van der Waals surface area contributed by atoms with E-state index in [-0.39, 0.29) is 17.6 Å². The van der Waals surface area contributed by atoms with E-state index in [9.17, 15) is 8.42 Å². The highest BCUT2D eigenvalue weighted by Gasteiger charge is 2.32. The van der Waals surface area contributed by atoms with Gasteiger partial charge in [-0.1, -0.05) is 19.0 Å². The number of furan rings is 1. The largest absolute Gasteiger partial charge is 0.454 e. The van der Waals surface area contributed by atoms with Gasteiger partial charge in [-0.2, -0.15) is 9.29 Å². The molecule has 0 amide bonds. The van der Waals surface area contributed by atoms with Gasteiger partial charge in [-0.25, -0.2) is 8.42 Å². The van der Waals surface area contributed by atoms with Crippen LogP contribution in [0.2, 0.25) is 0 Å². The number of rotatable bonds is 4. The third-order valence-corrected chi connectivity index (χ3v) is 8.46. The molecular weight excluding hydrogens is 470 g/mol. The molecule has 0 spiro atoms. The molecule has 0 aliphatic carbocycles. The lowest BCUT2D eigenvalue weighted by atomic mass is 9.94. The second-order valence-electron chi connectivity index (χ2n) is 9.47. The molecule has 182 valence electrons. The fourth-order valence-corrected chi connectivity index (χ4v) is 6.69. The molecule has 4 heterocycles. The maximum atomic E-state index is 13.4. The Kier molecular flexibility index (Phi) is 5.12. The standard InChI is InChI=1S/C25H25N3O6S/c1-14-8-15(2)12-28(11-14)35(29,30)18-5-7-20-19(10-18)16(3)23(33-20)25-26-24(27-34-25)17-4-6-21-22(9-17)32-13-31-21/h4-7,9-10,14-15H,8,11-13H2,1-3H3/t14-,15+. The Labute approximate surface area is 202 Å². The van der Waals surface area contributed by atoms with Crippen LogP contribution < -0.4 is 9.47 Å². The first-order valence-corrected chi connectivity index (χ1v) is 13.0. The molecule has 2 aliphatic rings. The number of hydrogen-bond acceptors (Lipinski definition) is 8. The number of piperidine rings is 1. The van der Waals surface area contributed by atoms with Crippen LogP contribution in [0.1, 0.15) is 25.8 Å². The molecule has 2 aromatic carbocycles. The Hall–Kier alpha value is -3.37. The highest BCUT2D eigenvalue weighted by molar-refractivity contribution is 7.89. The van der Waals surface area contributed by atoms with Crippen LogP contribution in [0.5, 0.6) is 11.5 Å². The number of benzene rings is 2. The van der Waals surface area contributed by atoms with Gasteiger partial charge in [0.15, 0.2) is 17.3 Å². The molecule has 0 bridgehead atoms. The van der Waals surface area contributed by atoms with Gasteiger partial charge >= 0.3 is 0 Å². The van der Waals surface area contributed by atoms with Crippen LogP contribution in [0.15, 0.2) is 50.2 Å². The predicted octanol–water partition coefficient (Wildman–Crippen LogP) is 4.85. The SMILES string of the molecule is Cc1c(-c2nc(-c3ccc4c(c3)OCO4)no2)oc2ccc(S(=O)(=O)N3C[C@H](C)C[C@H](C)C3)cc12. The summed E-state index contributed by atoms with van der Waals surface area (Å²) in [5, 5.41) is 4.78. The summed E-state index contributed by atoms with van der Waals surface area (Å²) < 4.78 is 50.6. The monoisotopic (exact) mass is 495 g/mol. The quantitative estimate of drug-likeness (QED) is 0.395. The van der Waals surface area contributed by atoms with Crippen LogP contribution in [0.4, 0.5) is 0 Å². The first-order valence-electron chi connectivity index (χ1n) is 11.6. The number of nitrogens with zero attached hydrogens (tertiary/aromatic N) is 3. The van der Waals surface area contributed by atoms with E-state index in [2.05, 4.69) is 24.0 Å². The van der Waals surface area contributed by atoms with E-state index in [0.29, 0.717) is 59.0 Å². The first-order chi connectivity index (χ1) is 16.8. The third kappa shape index (κ3) is 3.77. The van der Waals surface area contributed by atoms with E-state index in [1.54, 1.807) is 34.6 Å². The zero-order chi connectivity index (χ0) is 24.3. The molecule has 0 saturated carbocycles. The van der Waals surface area contributed by atoms with Gasteiger partial charge < -0.3 is 18.4 Å². The van der Waals surface area contributed by atoms with Crippen LogP contribution in [0.3, 0.4) is 0 Å². The fourth-order valence-electron chi connectivity index (χ4n) is 4.98. The molecule has 6 rings (SSSR count). The molecule has 4 aromatic rings. The van der Waals surface area contributed by atoms with Gasteiger partial charge in [0, 0.05) is 29.6 Å². The van der Waals surface area contributed by atoms with E-state index >= 15 is 0 Å². The number of hydrogen-bond donors (Lipinski definition) is 0. The van der Waals surface area contributed by atoms with Crippen molar-refractivity contribution in [2.24, 2.45) is 11.8 Å². The molecule has 2 atom stereocenters. The van der Waals surface area contributed by atoms with Gasteiger partial charge in [-0.05, 0) is 61.6 Å². The van der Waals surface area contributed by atoms with Gasteiger partial charge in [-0.15, -0.1) is 0 Å². The predicted molar refractivity (Wildman–Crippen MR) is 128 cm³/mol. The van der Waals surface area contributed by atoms with Gasteiger partial charge in [0.25, 0.3) is 5.89 Å². The number of fused-ring (bicyclic) bond motifs is 2. The molecule has 35 heavy (non-hydrogen) atoms. The van der Waals surface area contributed by atoms with Crippen LogP contribution in [0.25, 0.3) is 34.0 Å². The van der Waals surface area contributed by atoms with Crippen LogP contribution in [-0.4, -0.2) is 42.7 Å². The highest BCUT2D eigenvalue weighted by Crippen LogP contribution is 2.38. The van der Waals surface area contributed by atoms with Crippen molar-refractivity contribution < 1.29 is 26.8 Å². The molecule has 1 saturated heterocycles. The molecule has 9 nitrogen and oxygen atoms in total. The third-order valence-electron chi connectivity index (χ3n) is 6.63. The number of aromatic nitrogens is 2. The van der Waals surface area contributed by atoms with E-state index in [4.69, 9.17) is 18.4 Å². The molecule has 0 radical (unpaired) electrons. The Morgan fingerprint density at radius 3 is 2.57 bits per heavy atom. The van der Waals surface area contributed by atoms with Crippen molar-refractivity contribution in [2.45, 2.75) is 32.1 Å². The maximum Gasteiger partial charge on any atom is 0.294 e. The van der Waals surface area contributed by atoms with E-state index in [1.165, 1.54) is 0 Å². The van der Waals surface area contributed by atoms with Crippen molar-refractivity contribution in [3.05, 3.63) is 42.0 Å². The summed E-state index contributed by atoms with van der Waals surface area (Å²) in [6.45, 7) is 7.29. The zero-order valence-corrected chi connectivity index (χ0v) is 20.5. The molecule has 1 fully saturated rings. The number of ether oxygens (including phenoxy) is 2. The van der Waals surface area contributed by atoms with E-state index < -0.39 is 10.0 Å². The molecule has 0 unspecified atom stereocenters. The lowest BCUT2D eigenvalue weighted by molar-refractivity contribution is 0.174. The summed E-state index contributed by atoms with van der Waals surface area (Å²) in [6, 6.07) is 10.4. The molecular formula is C25H25N3O6S. The topological polar surface area (TPSA) is 108 Å². The van der Waals surface area contributed by atoms with Gasteiger partial charge in [-0.3, -0.25) is 0 Å². The molecule has 0 N–H and O–H groups in total. The van der Waals surface area contributed by atoms with E-state index in [0.717, 1.165) is 17.5 Å². The Morgan fingerprint density at radius 1 is 1.00 bits per heavy atom. The summed E-state index contributed by atoms with van der Waals surface area (Å²) in [7, 11) is -3.61. The Morgan fingerprint density at radius 2 is 1.77 bits per heavy atom. The summed E-state index contributed by atoms with van der Waals surface area (Å²) in [5.74, 6) is 2.97. The Bertz CT molecular complexity index is 1530. The highest BCUT2D eigenvalue weighted by atomic mass is 32.2. The Balaban J connectivity index is 1.34. The zero-order valence-electron chi connectivity index (χ0n) is 19.6. The average molecular weight is 496 g/mol. The van der Waals surface area contributed by atoms with Gasteiger partial charge in [0.05, 0.1) is 4.90 Å². The fraction of sp³-hybridized carbons (Fsp3) is 0.360. The van der Waals surface area contributed by atoms with Crippen LogP contribution >= 0.6 is 0 Å². The summed E-state index contributed by atoms with van der Waals surface area (Å²) >= 11 is 0. The van der Waals surface area contributed by atoms with Crippen molar-refractivity contribution in [1.82, 2.24) is 14.4 Å². The van der Waals surface area contributed by atoms with E-state index in [1.807, 2.05) is 13.0 Å². The first kappa shape index (κ1) is 22.1. The van der Waals surface area contributed by atoms with Crippen molar-refractivity contribution in [3.8, 4) is 34.5 Å². The van der Waals surface area contributed by atoms with Crippen LogP contribution in [-0.2, 0) is 10.0 Å². The molecule has 2 aliphatic heterocycles. The second kappa shape index (κ2) is 8.10. The molecule has 2 aromatic heterocycles. The van der Waals surface area contributed by atoms with Gasteiger partial charge in [0.2, 0.25) is 22.6 Å². The minimum atomic E-state index is -3.61. The normalized spacial score (nSPS) is 20.5. The van der Waals surface area contributed by atoms with Crippen molar-refractivity contribution in [1.29, 1.82) is 0 Å². The minimum Gasteiger partial charge on any atom is -0.454 e. The summed E-state index contributed by atoms with van der Waals surface area (Å²) in [4.78, 5) is 4.76. The average Bonchev–Trinajstić information content (AvgIpc) is 3.56. The molecule has 10 heteroatoms. The van der Waals surface area contributed by atoms with Crippen molar-refractivity contribution >= 4 is 21.0 Å². The van der Waals surface area contributed by atoms with Crippen LogP contribution in [0, 0.1) is 18.8 Å². The minimum absolute atomic E-state index is 0.183. The second-order valence-corrected chi connectivity index (χ2v) is 11.4. The van der Waals surface area contributed by atoms with Gasteiger partial charge in [0.1, 0.15) is 5.58 Å². The summed E-state index contributed by atoms with van der Waals surface area (Å²) in [6.07, 6.45) is 1.04. The number of sulfonamides is 1. The smallest absolute Gasteiger partial charge is 0.294 e. The number of aryl methyl sites for hydroxylation is 1. The van der Waals surface area contributed by atoms with Crippen molar-refractivity contribution in [3.63, 3.8) is 0 Å².